The topological polar surface area (TPSA) is 177 Å². The number of aromatic nitrogens is 4. The predicted molar refractivity (Wildman–Crippen MR) is 194 cm³/mol. The highest BCUT2D eigenvalue weighted by atomic mass is 16.3. The minimum atomic E-state index is -0.737. The molecular formula is C40H37N7O5. The fourth-order valence-corrected chi connectivity index (χ4v) is 6.66. The van der Waals surface area contributed by atoms with Crippen molar-refractivity contribution < 1.29 is 24.6 Å². The van der Waals surface area contributed by atoms with E-state index in [9.17, 15) is 24.6 Å². The van der Waals surface area contributed by atoms with Gasteiger partial charge < -0.3 is 30.4 Å². The molecule has 52 heavy (non-hydrogen) atoms. The second-order valence-electron chi connectivity index (χ2n) is 12.9. The molecule has 0 aliphatic carbocycles. The second-order valence-corrected chi connectivity index (χ2v) is 12.9. The Labute approximate surface area is 299 Å². The minimum Gasteiger partial charge on any atom is -0.508 e. The molecule has 1 aliphatic rings. The van der Waals surface area contributed by atoms with Gasteiger partial charge in [-0.2, -0.15) is 0 Å². The van der Waals surface area contributed by atoms with Crippen molar-refractivity contribution in [1.29, 1.82) is 0 Å². The normalized spacial score (nSPS) is 14.0. The van der Waals surface area contributed by atoms with Crippen LogP contribution in [0.1, 0.15) is 40.2 Å². The largest absolute Gasteiger partial charge is 0.508 e. The first-order valence-corrected chi connectivity index (χ1v) is 16.9. The fourth-order valence-electron chi connectivity index (χ4n) is 6.66. The molecule has 0 spiro atoms. The summed E-state index contributed by atoms with van der Waals surface area (Å²) in [5.41, 5.74) is 13.8. The lowest BCUT2D eigenvalue weighted by molar-refractivity contribution is -0.120. The molecule has 12 heteroatoms. The van der Waals surface area contributed by atoms with Crippen LogP contribution in [0.3, 0.4) is 0 Å². The lowest BCUT2D eigenvalue weighted by atomic mass is 9.98. The number of phenolic OH excluding ortho intramolecular Hbond substituents is 2. The van der Waals surface area contributed by atoms with Gasteiger partial charge in [-0.1, -0.05) is 78.9 Å². The molecule has 0 radical (unpaired) electrons. The van der Waals surface area contributed by atoms with Crippen molar-refractivity contribution in [1.82, 2.24) is 29.7 Å². The fraction of sp³-hybridized carbons (Fsp3) is 0.175. The molecule has 6 N–H and O–H groups in total. The van der Waals surface area contributed by atoms with Crippen molar-refractivity contribution in [2.75, 3.05) is 0 Å². The van der Waals surface area contributed by atoms with Crippen molar-refractivity contribution in [2.45, 2.75) is 44.8 Å². The van der Waals surface area contributed by atoms with Crippen molar-refractivity contribution in [3.8, 4) is 33.9 Å². The van der Waals surface area contributed by atoms with Crippen molar-refractivity contribution in [3.63, 3.8) is 0 Å². The maximum Gasteiger partial charge on any atom is 0.322 e. The van der Waals surface area contributed by atoms with E-state index in [1.165, 1.54) is 0 Å². The maximum atomic E-state index is 12.5. The third-order valence-electron chi connectivity index (χ3n) is 9.18. The Morgan fingerprint density at radius 2 is 1.48 bits per heavy atom. The van der Waals surface area contributed by atoms with Crippen molar-refractivity contribution >= 4 is 17.8 Å². The molecule has 1 atom stereocenters. The van der Waals surface area contributed by atoms with Crippen LogP contribution in [0.2, 0.25) is 0 Å². The Morgan fingerprint density at radius 3 is 2.21 bits per heavy atom. The van der Waals surface area contributed by atoms with Gasteiger partial charge in [-0.15, -0.1) is 0 Å². The number of carbonyl (C=O) groups is 3. The first-order valence-electron chi connectivity index (χ1n) is 16.9. The number of carbonyl (C=O) groups excluding carboxylic acids is 3. The molecule has 12 nitrogen and oxygen atoms in total. The van der Waals surface area contributed by atoms with Crippen LogP contribution in [0.25, 0.3) is 22.4 Å². The number of hydrogen-bond acceptors (Lipinski definition) is 7. The van der Waals surface area contributed by atoms with E-state index in [1.807, 2.05) is 81.9 Å². The number of nitrogens with zero attached hydrogens (tertiary/aromatic N) is 4. The van der Waals surface area contributed by atoms with E-state index < -0.39 is 18.0 Å². The Balaban J connectivity index is 1.13. The number of nitrogens with two attached hydrogens (primary N) is 1. The molecule has 1 fully saturated rings. The molecule has 6 aromatic rings. The number of imide groups is 1. The zero-order chi connectivity index (χ0) is 36.2. The average molecular weight is 696 g/mol. The number of benzene rings is 4. The summed E-state index contributed by atoms with van der Waals surface area (Å²) in [6.45, 7) is 0.855. The van der Waals surface area contributed by atoms with Crippen LogP contribution in [0.15, 0.2) is 110 Å². The van der Waals surface area contributed by atoms with E-state index in [-0.39, 0.29) is 30.2 Å². The summed E-state index contributed by atoms with van der Waals surface area (Å²) >= 11 is 0. The second kappa shape index (κ2) is 14.7. The molecule has 4 aromatic carbocycles. The lowest BCUT2D eigenvalue weighted by Gasteiger charge is -2.14. The van der Waals surface area contributed by atoms with E-state index in [0.29, 0.717) is 31.5 Å². The predicted octanol–water partition coefficient (Wildman–Crippen LogP) is 4.68. The lowest BCUT2D eigenvalue weighted by Crippen LogP contribution is -2.32. The van der Waals surface area contributed by atoms with Crippen LogP contribution < -0.4 is 16.4 Å². The first kappa shape index (κ1) is 33.8. The van der Waals surface area contributed by atoms with Gasteiger partial charge in [0.2, 0.25) is 5.91 Å². The summed E-state index contributed by atoms with van der Waals surface area (Å²) in [7, 11) is 0. The summed E-state index contributed by atoms with van der Waals surface area (Å²) in [5, 5.41) is 26.2. The van der Waals surface area contributed by atoms with E-state index in [1.54, 1.807) is 36.9 Å². The van der Waals surface area contributed by atoms with Gasteiger partial charge in [0.25, 0.3) is 5.91 Å². The van der Waals surface area contributed by atoms with E-state index in [2.05, 4.69) is 15.6 Å². The zero-order valence-corrected chi connectivity index (χ0v) is 28.2. The van der Waals surface area contributed by atoms with Gasteiger partial charge in [-0.05, 0) is 46.9 Å². The van der Waals surface area contributed by atoms with Crippen LogP contribution in [0.5, 0.6) is 11.5 Å². The van der Waals surface area contributed by atoms with Gasteiger partial charge in [0.05, 0.1) is 24.0 Å². The molecule has 3 heterocycles. The van der Waals surface area contributed by atoms with Crippen LogP contribution in [-0.2, 0) is 41.9 Å². The number of rotatable bonds is 13. The Morgan fingerprint density at radius 1 is 0.769 bits per heavy atom. The smallest absolute Gasteiger partial charge is 0.322 e. The molecule has 0 bridgehead atoms. The maximum absolute atomic E-state index is 12.5. The molecule has 7 rings (SSSR count). The number of imidazole rings is 2. The van der Waals surface area contributed by atoms with E-state index in [0.717, 1.165) is 50.6 Å². The highest BCUT2D eigenvalue weighted by Crippen LogP contribution is 2.32. The third kappa shape index (κ3) is 7.55. The SMILES string of the molecule is NC(=O)CCc1c(-c2ccccc2)ncn1Cc1ccc(-c2cccc(Cc3ncn(Cc4cccc(O)c4)c3CC3NC(=O)NC3=O)c2)c(O)c1. The molecule has 262 valence electrons. The molecular weight excluding hydrogens is 658 g/mol. The van der Waals surface area contributed by atoms with Gasteiger partial charge in [0, 0.05) is 54.9 Å². The Bertz CT molecular complexity index is 2280. The number of phenols is 2. The van der Waals surface area contributed by atoms with Crippen LogP contribution in [0, 0.1) is 0 Å². The minimum absolute atomic E-state index is 0.121. The average Bonchev–Trinajstić information content (AvgIpc) is 3.80. The molecule has 0 saturated carbocycles. The summed E-state index contributed by atoms with van der Waals surface area (Å²) in [4.78, 5) is 45.4. The van der Waals surface area contributed by atoms with Gasteiger partial charge in [0.1, 0.15) is 17.5 Å². The molecule has 4 amide bonds. The van der Waals surface area contributed by atoms with Crippen LogP contribution >= 0.6 is 0 Å². The number of urea groups is 1. The van der Waals surface area contributed by atoms with Gasteiger partial charge in [-0.25, -0.2) is 14.8 Å². The number of primary amides is 1. The van der Waals surface area contributed by atoms with Crippen molar-refractivity contribution in [2.24, 2.45) is 5.73 Å². The quantitative estimate of drug-likeness (QED) is 0.109. The third-order valence-corrected chi connectivity index (χ3v) is 9.18. The van der Waals surface area contributed by atoms with E-state index in [4.69, 9.17) is 10.7 Å². The monoisotopic (exact) mass is 695 g/mol. The standard InChI is InChI=1S/C40H37N7O5/c41-37(50)15-14-34-38(28-8-2-1-3-9-28)43-24-46(34)22-27-12-13-31(36(49)19-27)29-10-4-6-25(16-29)18-32-35(20-33-39(51)45-40(52)44-33)47(23-42-32)21-26-7-5-11-30(48)17-26/h1-13,16-17,19,23-24,33,48-49H,14-15,18,20-22H2,(H2,41,50)(H2,44,45,51,52). The molecule has 1 aliphatic heterocycles. The van der Waals surface area contributed by atoms with Crippen LogP contribution in [-0.4, -0.2) is 53.2 Å². The molecule has 2 aromatic heterocycles. The van der Waals surface area contributed by atoms with Gasteiger partial charge >= 0.3 is 6.03 Å². The van der Waals surface area contributed by atoms with Crippen LogP contribution in [0.4, 0.5) is 4.79 Å². The molecule has 1 saturated heterocycles. The Kier molecular flexibility index (Phi) is 9.52. The number of nitrogens with one attached hydrogen (secondary N) is 2. The number of amides is 4. The summed E-state index contributed by atoms with van der Waals surface area (Å²) < 4.78 is 3.91. The summed E-state index contributed by atoms with van der Waals surface area (Å²) in [5.74, 6) is -0.508. The summed E-state index contributed by atoms with van der Waals surface area (Å²) in [6.07, 6.45) is 4.77. The Hall–Kier alpha value is -6.69. The van der Waals surface area contributed by atoms with Gasteiger partial charge in [-0.3, -0.25) is 14.9 Å². The molecule has 1 unspecified atom stereocenters. The highest BCUT2D eigenvalue weighted by Gasteiger charge is 2.31. The zero-order valence-electron chi connectivity index (χ0n) is 28.2. The van der Waals surface area contributed by atoms with Crippen molar-refractivity contribution in [3.05, 3.63) is 143 Å². The first-order chi connectivity index (χ1) is 25.2. The number of aromatic hydroxyl groups is 2. The summed E-state index contributed by atoms with van der Waals surface area (Å²) in [6, 6.07) is 28.9. The highest BCUT2D eigenvalue weighted by molar-refractivity contribution is 6.04. The van der Waals surface area contributed by atoms with Gasteiger partial charge in [0.15, 0.2) is 0 Å². The van der Waals surface area contributed by atoms with E-state index >= 15 is 0 Å². The number of hydrogen-bond donors (Lipinski definition) is 5.